The van der Waals surface area contributed by atoms with Crippen molar-refractivity contribution in [1.29, 1.82) is 0 Å². The number of rotatable bonds is 9. The molecule has 214 valence electrons. The molecule has 1 aromatic heterocycles. The molecule has 3 aromatic rings. The number of hydrogen-bond donors (Lipinski definition) is 4. The first-order chi connectivity index (χ1) is 19.0. The molecule has 0 atom stereocenters. The van der Waals surface area contributed by atoms with Crippen LogP contribution >= 0.6 is 11.6 Å². The second-order valence-corrected chi connectivity index (χ2v) is 11.7. The zero-order valence-electron chi connectivity index (χ0n) is 23.2. The molecule has 0 radical (unpaired) electrons. The van der Waals surface area contributed by atoms with Gasteiger partial charge in [0, 0.05) is 24.0 Å². The highest BCUT2D eigenvalue weighted by Crippen LogP contribution is 2.29. The van der Waals surface area contributed by atoms with E-state index in [0.29, 0.717) is 16.4 Å². The van der Waals surface area contributed by atoms with Gasteiger partial charge in [-0.15, -0.1) is 0 Å². The summed E-state index contributed by atoms with van der Waals surface area (Å²) < 4.78 is 29.4. The van der Waals surface area contributed by atoms with Crippen LogP contribution in [-0.4, -0.2) is 53.5 Å². The Morgan fingerprint density at radius 2 is 1.75 bits per heavy atom. The monoisotopic (exact) mass is 571 g/mol. The van der Waals surface area contributed by atoms with Crippen molar-refractivity contribution in [2.45, 2.75) is 46.1 Å². The molecule has 1 fully saturated rings. The second kappa shape index (κ2) is 12.8. The normalized spacial score (nSPS) is 14.6. The van der Waals surface area contributed by atoms with Gasteiger partial charge in [-0.3, -0.25) is 4.79 Å². The minimum Gasteiger partial charge on any atom is -0.384 e. The third-order valence-electron chi connectivity index (χ3n) is 6.69. The molecule has 1 aliphatic heterocycles. The van der Waals surface area contributed by atoms with E-state index in [1.807, 2.05) is 7.05 Å². The molecule has 0 unspecified atom stereocenters. The Hall–Kier alpha value is -3.50. The lowest BCUT2D eigenvalue weighted by molar-refractivity contribution is 0.0913. The van der Waals surface area contributed by atoms with Gasteiger partial charge in [0.25, 0.3) is 5.91 Å². The van der Waals surface area contributed by atoms with Gasteiger partial charge in [0.15, 0.2) is 11.6 Å². The number of halogens is 3. The maximum atomic E-state index is 14.8. The van der Waals surface area contributed by atoms with E-state index >= 15 is 0 Å². The highest BCUT2D eigenvalue weighted by molar-refractivity contribution is 6.33. The van der Waals surface area contributed by atoms with Crippen molar-refractivity contribution < 1.29 is 13.6 Å². The maximum absolute atomic E-state index is 14.8. The van der Waals surface area contributed by atoms with E-state index in [-0.39, 0.29) is 28.8 Å². The van der Waals surface area contributed by atoms with E-state index in [1.54, 1.807) is 24.3 Å². The number of carbonyl (C=O) groups excluding carboxylic acids is 1. The Labute approximate surface area is 238 Å². The first kappa shape index (κ1) is 29.5. The van der Waals surface area contributed by atoms with Gasteiger partial charge in [-0.25, -0.2) is 13.8 Å². The summed E-state index contributed by atoms with van der Waals surface area (Å²) in [6.07, 6.45) is 3.62. The summed E-state index contributed by atoms with van der Waals surface area (Å²) in [5, 5.41) is 12.6. The number of anilines is 5. The number of likely N-dealkylation sites (tertiary alicyclic amines) is 1. The molecular formula is C29H36ClF2N7O. The summed E-state index contributed by atoms with van der Waals surface area (Å²) in [5.41, 5.74) is 1.76. The lowest BCUT2D eigenvalue weighted by atomic mass is 9.92. The standard InChI is InChI=1S/C29H36ClF2N7O/c1-29(2,3)11-12-33-25-16-20(6-8-22(25)30)35-26-24(32)17-34-28(38-26)37-19-5-7-21(23(31)15-19)27(40)36-18-9-13-39(4)14-10-18/h5-8,15-18,33H,9-14H2,1-4H3,(H,36,40)(H2,34,35,37,38). The Balaban J connectivity index is 1.41. The molecule has 0 saturated carbocycles. The fraction of sp³-hybridized carbons (Fsp3) is 0.414. The molecule has 1 aliphatic rings. The van der Waals surface area contributed by atoms with Gasteiger partial charge in [-0.05, 0) is 81.2 Å². The Kier molecular flexibility index (Phi) is 9.42. The number of piperidine rings is 1. The molecule has 0 aliphatic carbocycles. The third-order valence-corrected chi connectivity index (χ3v) is 7.02. The van der Waals surface area contributed by atoms with E-state index < -0.39 is 17.5 Å². The van der Waals surface area contributed by atoms with Crippen LogP contribution in [0.5, 0.6) is 0 Å². The molecule has 40 heavy (non-hydrogen) atoms. The van der Waals surface area contributed by atoms with Crippen molar-refractivity contribution in [3.8, 4) is 0 Å². The molecule has 8 nitrogen and oxygen atoms in total. The van der Waals surface area contributed by atoms with Crippen LogP contribution in [-0.2, 0) is 0 Å². The highest BCUT2D eigenvalue weighted by atomic mass is 35.5. The van der Waals surface area contributed by atoms with Crippen LogP contribution in [0, 0.1) is 17.0 Å². The number of nitrogens with one attached hydrogen (secondary N) is 4. The number of benzene rings is 2. The summed E-state index contributed by atoms with van der Waals surface area (Å²) in [6, 6.07) is 9.40. The van der Waals surface area contributed by atoms with Gasteiger partial charge >= 0.3 is 0 Å². The number of hydrogen-bond acceptors (Lipinski definition) is 7. The Morgan fingerprint density at radius 3 is 2.45 bits per heavy atom. The van der Waals surface area contributed by atoms with E-state index in [4.69, 9.17) is 11.6 Å². The van der Waals surface area contributed by atoms with Crippen molar-refractivity contribution in [2.24, 2.45) is 5.41 Å². The Morgan fingerprint density at radius 1 is 1.05 bits per heavy atom. The van der Waals surface area contributed by atoms with Crippen LogP contribution in [0.4, 0.5) is 37.6 Å². The minimum absolute atomic E-state index is 0.0235. The van der Waals surface area contributed by atoms with Crippen molar-refractivity contribution in [1.82, 2.24) is 20.2 Å². The van der Waals surface area contributed by atoms with Crippen molar-refractivity contribution in [3.63, 3.8) is 0 Å². The maximum Gasteiger partial charge on any atom is 0.254 e. The molecule has 1 saturated heterocycles. The minimum atomic E-state index is -0.677. The number of amides is 1. The van der Waals surface area contributed by atoms with Crippen LogP contribution in [0.3, 0.4) is 0 Å². The molecule has 0 bridgehead atoms. The first-order valence-electron chi connectivity index (χ1n) is 13.4. The van der Waals surface area contributed by atoms with E-state index in [2.05, 4.69) is 56.9 Å². The predicted octanol–water partition coefficient (Wildman–Crippen LogP) is 6.57. The van der Waals surface area contributed by atoms with Crippen LogP contribution in [0.1, 0.15) is 50.4 Å². The average molecular weight is 572 g/mol. The van der Waals surface area contributed by atoms with E-state index in [0.717, 1.165) is 50.8 Å². The SMILES string of the molecule is CN1CCC(NC(=O)c2ccc(Nc3ncc(F)c(Nc4ccc(Cl)c(NCCC(C)(C)C)c4)n3)cc2F)CC1. The largest absolute Gasteiger partial charge is 0.384 e. The molecule has 4 rings (SSSR count). The molecule has 2 heterocycles. The van der Waals surface area contributed by atoms with Gasteiger partial charge in [-0.1, -0.05) is 32.4 Å². The summed E-state index contributed by atoms with van der Waals surface area (Å²) in [5.74, 6) is -1.78. The fourth-order valence-corrected chi connectivity index (χ4v) is 4.47. The summed E-state index contributed by atoms with van der Waals surface area (Å²) >= 11 is 6.34. The molecular weight excluding hydrogens is 536 g/mol. The molecule has 11 heteroatoms. The van der Waals surface area contributed by atoms with Crippen LogP contribution in [0.2, 0.25) is 5.02 Å². The van der Waals surface area contributed by atoms with Gasteiger partial charge in [0.05, 0.1) is 22.5 Å². The molecule has 0 spiro atoms. The zero-order chi connectivity index (χ0) is 28.9. The van der Waals surface area contributed by atoms with E-state index in [1.165, 1.54) is 12.1 Å². The van der Waals surface area contributed by atoms with Crippen molar-refractivity contribution in [2.75, 3.05) is 42.6 Å². The molecule has 4 N–H and O–H groups in total. The topological polar surface area (TPSA) is 94.2 Å². The predicted molar refractivity (Wildman–Crippen MR) is 157 cm³/mol. The lowest BCUT2D eigenvalue weighted by Crippen LogP contribution is -2.43. The summed E-state index contributed by atoms with van der Waals surface area (Å²) in [7, 11) is 2.04. The van der Waals surface area contributed by atoms with Crippen LogP contribution < -0.4 is 21.3 Å². The van der Waals surface area contributed by atoms with Gasteiger partial charge < -0.3 is 26.2 Å². The fourth-order valence-electron chi connectivity index (χ4n) is 4.28. The van der Waals surface area contributed by atoms with Gasteiger partial charge in [0.1, 0.15) is 5.82 Å². The average Bonchev–Trinajstić information content (AvgIpc) is 2.88. The van der Waals surface area contributed by atoms with Gasteiger partial charge in [0.2, 0.25) is 5.95 Å². The number of aromatic nitrogens is 2. The number of carbonyl (C=O) groups is 1. The van der Waals surface area contributed by atoms with Gasteiger partial charge in [-0.2, -0.15) is 4.98 Å². The first-order valence-corrected chi connectivity index (χ1v) is 13.7. The second-order valence-electron chi connectivity index (χ2n) is 11.3. The van der Waals surface area contributed by atoms with Crippen molar-refractivity contribution >= 4 is 46.3 Å². The quantitative estimate of drug-likeness (QED) is 0.231. The zero-order valence-corrected chi connectivity index (χ0v) is 24.0. The highest BCUT2D eigenvalue weighted by Gasteiger charge is 2.21. The summed E-state index contributed by atoms with van der Waals surface area (Å²) in [6.45, 7) is 8.99. The molecule has 1 amide bonds. The summed E-state index contributed by atoms with van der Waals surface area (Å²) in [4.78, 5) is 23.0. The number of nitrogens with zero attached hydrogens (tertiary/aromatic N) is 3. The smallest absolute Gasteiger partial charge is 0.254 e. The Bertz CT molecular complexity index is 1340. The third kappa shape index (κ3) is 8.25. The van der Waals surface area contributed by atoms with Crippen molar-refractivity contribution in [3.05, 3.63) is 64.8 Å². The lowest BCUT2D eigenvalue weighted by Gasteiger charge is -2.29. The van der Waals surface area contributed by atoms with E-state index in [9.17, 15) is 13.6 Å². The molecule has 2 aromatic carbocycles. The van der Waals surface area contributed by atoms with Crippen LogP contribution in [0.15, 0.2) is 42.6 Å². The van der Waals surface area contributed by atoms with Crippen LogP contribution in [0.25, 0.3) is 0 Å².